The van der Waals surface area contributed by atoms with Gasteiger partial charge in [0.15, 0.2) is 0 Å². The summed E-state index contributed by atoms with van der Waals surface area (Å²) < 4.78 is 26.7. The van der Waals surface area contributed by atoms with Gasteiger partial charge in [0, 0.05) is 23.7 Å². The van der Waals surface area contributed by atoms with Gasteiger partial charge in [-0.15, -0.1) is 11.3 Å². The maximum absolute atomic E-state index is 12.7. The fourth-order valence-corrected chi connectivity index (χ4v) is 4.54. The SMILES string of the molecule is CCN(Cc1cccs1)S(=O)(=O)c1cc(N)ccc1Cl. The third kappa shape index (κ3) is 3.15. The first-order valence-corrected chi connectivity index (χ1v) is 8.72. The topological polar surface area (TPSA) is 63.4 Å². The van der Waals surface area contributed by atoms with Crippen LogP contribution in [-0.2, 0) is 16.6 Å². The number of rotatable bonds is 5. The lowest BCUT2D eigenvalue weighted by Crippen LogP contribution is -2.30. The fourth-order valence-electron chi connectivity index (χ4n) is 1.80. The Balaban J connectivity index is 2.38. The summed E-state index contributed by atoms with van der Waals surface area (Å²) in [7, 11) is -3.65. The molecule has 0 aliphatic heterocycles. The second kappa shape index (κ2) is 6.13. The first-order valence-electron chi connectivity index (χ1n) is 6.02. The molecule has 2 N–H and O–H groups in total. The van der Waals surface area contributed by atoms with E-state index in [0.29, 0.717) is 18.8 Å². The summed E-state index contributed by atoms with van der Waals surface area (Å²) in [6, 6.07) is 8.28. The minimum absolute atomic E-state index is 0.0533. The first-order chi connectivity index (χ1) is 9.45. The van der Waals surface area contributed by atoms with Crippen LogP contribution in [0.3, 0.4) is 0 Å². The van der Waals surface area contributed by atoms with Gasteiger partial charge in [0.1, 0.15) is 4.90 Å². The van der Waals surface area contributed by atoms with Crippen LogP contribution in [0.5, 0.6) is 0 Å². The first kappa shape index (κ1) is 15.3. The van der Waals surface area contributed by atoms with Crippen LogP contribution in [0.1, 0.15) is 11.8 Å². The van der Waals surface area contributed by atoms with Gasteiger partial charge in [-0.1, -0.05) is 24.6 Å². The fraction of sp³-hybridized carbons (Fsp3) is 0.231. The van der Waals surface area contributed by atoms with Crippen molar-refractivity contribution in [1.29, 1.82) is 0 Å². The van der Waals surface area contributed by atoms with Crippen molar-refractivity contribution in [2.24, 2.45) is 0 Å². The highest BCUT2D eigenvalue weighted by molar-refractivity contribution is 7.89. The number of benzene rings is 1. The number of hydrogen-bond donors (Lipinski definition) is 1. The molecular weight excluding hydrogens is 316 g/mol. The molecule has 0 atom stereocenters. The van der Waals surface area contributed by atoms with Gasteiger partial charge in [-0.05, 0) is 29.6 Å². The Kier molecular flexibility index (Phi) is 4.70. The highest BCUT2D eigenvalue weighted by Crippen LogP contribution is 2.28. The van der Waals surface area contributed by atoms with Crippen molar-refractivity contribution in [3.05, 3.63) is 45.6 Å². The summed E-state index contributed by atoms with van der Waals surface area (Å²) in [5, 5.41) is 2.10. The molecule has 2 rings (SSSR count). The quantitative estimate of drug-likeness (QED) is 0.856. The standard InChI is InChI=1S/C13H15ClN2O2S2/c1-2-16(9-11-4-3-7-19-11)20(17,18)13-8-10(15)5-6-12(13)14/h3-8H,2,9,15H2,1H3. The van der Waals surface area contributed by atoms with Gasteiger partial charge in [-0.2, -0.15) is 4.31 Å². The number of anilines is 1. The Morgan fingerprint density at radius 3 is 2.70 bits per heavy atom. The number of nitrogen functional groups attached to an aromatic ring is 1. The molecule has 0 unspecified atom stereocenters. The lowest BCUT2D eigenvalue weighted by atomic mass is 10.3. The molecule has 2 aromatic rings. The van der Waals surface area contributed by atoms with Crippen LogP contribution >= 0.6 is 22.9 Å². The average molecular weight is 331 g/mol. The summed E-state index contributed by atoms with van der Waals surface area (Å²) in [5.41, 5.74) is 6.04. The lowest BCUT2D eigenvalue weighted by molar-refractivity contribution is 0.426. The molecule has 1 heterocycles. The van der Waals surface area contributed by atoms with E-state index in [1.54, 1.807) is 13.0 Å². The molecule has 0 aliphatic carbocycles. The molecule has 1 aromatic heterocycles. The highest BCUT2D eigenvalue weighted by atomic mass is 35.5. The summed E-state index contributed by atoms with van der Waals surface area (Å²) in [6.45, 7) is 2.50. The second-order valence-corrected chi connectivity index (χ2v) is 7.55. The number of nitrogens with two attached hydrogens (primary N) is 1. The van der Waals surface area contributed by atoms with Crippen molar-refractivity contribution in [2.75, 3.05) is 12.3 Å². The minimum atomic E-state index is -3.65. The number of nitrogens with zero attached hydrogens (tertiary/aromatic N) is 1. The van der Waals surface area contributed by atoms with Crippen molar-refractivity contribution in [2.45, 2.75) is 18.4 Å². The molecule has 0 bridgehead atoms. The molecule has 0 amide bonds. The maximum atomic E-state index is 12.7. The molecule has 1 aromatic carbocycles. The third-order valence-corrected chi connectivity index (χ3v) is 6.10. The number of halogens is 1. The Morgan fingerprint density at radius 2 is 2.10 bits per heavy atom. The summed E-state index contributed by atoms with van der Waals surface area (Å²) in [5.74, 6) is 0. The normalized spacial score (nSPS) is 11.9. The molecule has 0 saturated carbocycles. The molecule has 0 saturated heterocycles. The molecule has 0 radical (unpaired) electrons. The molecule has 0 aliphatic rings. The van der Waals surface area contributed by atoms with Crippen molar-refractivity contribution in [1.82, 2.24) is 4.31 Å². The van der Waals surface area contributed by atoms with Gasteiger partial charge in [0.05, 0.1) is 5.02 Å². The van der Waals surface area contributed by atoms with E-state index in [0.717, 1.165) is 4.88 Å². The van der Waals surface area contributed by atoms with E-state index in [1.807, 2.05) is 17.5 Å². The lowest BCUT2D eigenvalue weighted by Gasteiger charge is -2.20. The largest absolute Gasteiger partial charge is 0.399 e. The predicted molar refractivity (Wildman–Crippen MR) is 83.5 cm³/mol. The average Bonchev–Trinajstić information content (AvgIpc) is 2.91. The van der Waals surface area contributed by atoms with Crippen molar-refractivity contribution in [3.63, 3.8) is 0 Å². The summed E-state index contributed by atoms with van der Waals surface area (Å²) >= 11 is 7.53. The van der Waals surface area contributed by atoms with Gasteiger partial charge in [0.2, 0.25) is 10.0 Å². The Hall–Kier alpha value is -1.08. The molecule has 0 spiro atoms. The van der Waals surface area contributed by atoms with Crippen LogP contribution < -0.4 is 5.73 Å². The molecule has 0 fully saturated rings. The smallest absolute Gasteiger partial charge is 0.244 e. The molecule has 7 heteroatoms. The van der Waals surface area contributed by atoms with Gasteiger partial charge in [0.25, 0.3) is 0 Å². The maximum Gasteiger partial charge on any atom is 0.244 e. The second-order valence-electron chi connectivity index (χ2n) is 4.20. The van der Waals surface area contributed by atoms with E-state index in [-0.39, 0.29) is 9.92 Å². The Bertz CT molecular complexity index is 684. The molecular formula is C13H15ClN2O2S2. The molecule has 108 valence electrons. The third-order valence-electron chi connectivity index (χ3n) is 2.84. The van der Waals surface area contributed by atoms with Crippen LogP contribution in [-0.4, -0.2) is 19.3 Å². The summed E-state index contributed by atoms with van der Waals surface area (Å²) in [4.78, 5) is 1.04. The van der Waals surface area contributed by atoms with Crippen molar-refractivity contribution < 1.29 is 8.42 Å². The number of hydrogen-bond acceptors (Lipinski definition) is 4. The van der Waals surface area contributed by atoms with Crippen LogP contribution in [0.15, 0.2) is 40.6 Å². The number of thiophene rings is 1. The van der Waals surface area contributed by atoms with E-state index in [2.05, 4.69) is 0 Å². The zero-order valence-electron chi connectivity index (χ0n) is 10.9. The predicted octanol–water partition coefficient (Wildman–Crippen LogP) is 3.19. The van der Waals surface area contributed by atoms with Crippen molar-refractivity contribution >= 4 is 38.6 Å². The van der Waals surface area contributed by atoms with Gasteiger partial charge in [-0.3, -0.25) is 0 Å². The highest BCUT2D eigenvalue weighted by Gasteiger charge is 2.26. The molecule has 20 heavy (non-hydrogen) atoms. The van der Waals surface area contributed by atoms with Crippen LogP contribution in [0.4, 0.5) is 5.69 Å². The number of sulfonamides is 1. The van der Waals surface area contributed by atoms with Gasteiger partial charge in [-0.25, -0.2) is 8.42 Å². The van der Waals surface area contributed by atoms with Crippen LogP contribution in [0.2, 0.25) is 5.02 Å². The minimum Gasteiger partial charge on any atom is -0.399 e. The zero-order chi connectivity index (χ0) is 14.8. The van der Waals surface area contributed by atoms with Gasteiger partial charge >= 0.3 is 0 Å². The van der Waals surface area contributed by atoms with E-state index in [1.165, 1.54) is 27.8 Å². The zero-order valence-corrected chi connectivity index (χ0v) is 13.3. The van der Waals surface area contributed by atoms with Crippen LogP contribution in [0.25, 0.3) is 0 Å². The monoisotopic (exact) mass is 330 g/mol. The molecule has 4 nitrogen and oxygen atoms in total. The van der Waals surface area contributed by atoms with Crippen molar-refractivity contribution in [3.8, 4) is 0 Å². The Morgan fingerprint density at radius 1 is 1.35 bits per heavy atom. The van der Waals surface area contributed by atoms with E-state index in [4.69, 9.17) is 17.3 Å². The van der Waals surface area contributed by atoms with Gasteiger partial charge < -0.3 is 5.73 Å². The summed E-state index contributed by atoms with van der Waals surface area (Å²) in [6.07, 6.45) is 0. The van der Waals surface area contributed by atoms with E-state index >= 15 is 0 Å². The van der Waals surface area contributed by atoms with Crippen LogP contribution in [0, 0.1) is 0 Å². The Labute approximate surface area is 127 Å². The van der Waals surface area contributed by atoms with E-state index < -0.39 is 10.0 Å². The van der Waals surface area contributed by atoms with E-state index in [9.17, 15) is 8.42 Å².